The molecule has 0 radical (unpaired) electrons. The molecular weight excluding hydrogens is 234 g/mol. The van der Waals surface area contributed by atoms with Crippen LogP contribution in [0.4, 0.5) is 0 Å². The number of benzene rings is 1. The summed E-state index contributed by atoms with van der Waals surface area (Å²) in [5, 5.41) is 4.27. The van der Waals surface area contributed by atoms with Gasteiger partial charge in [-0.2, -0.15) is 5.10 Å². The molecule has 1 aromatic heterocycles. The zero-order valence-corrected chi connectivity index (χ0v) is 10.8. The van der Waals surface area contributed by atoms with Crippen molar-refractivity contribution in [1.82, 2.24) is 9.78 Å². The molecule has 2 aromatic rings. The van der Waals surface area contributed by atoms with Crippen LogP contribution >= 0.6 is 12.4 Å². The van der Waals surface area contributed by atoms with Crippen molar-refractivity contribution >= 4 is 12.4 Å². The lowest BCUT2D eigenvalue weighted by Gasteiger charge is -2.00. The lowest BCUT2D eigenvalue weighted by Crippen LogP contribution is -2.02. The summed E-state index contributed by atoms with van der Waals surface area (Å²) in [6.45, 7) is 3.69. The molecule has 1 heterocycles. The van der Waals surface area contributed by atoms with Gasteiger partial charge in [-0.25, -0.2) is 0 Å². The fraction of sp³-hybridized carbons (Fsp3) is 0.308. The number of aromatic nitrogens is 2. The molecule has 2 rings (SSSR count). The maximum Gasteiger partial charge on any atom is 0.0568 e. The molecule has 92 valence electrons. The molecule has 0 saturated carbocycles. The molecule has 0 saturated heterocycles. The third-order valence-electron chi connectivity index (χ3n) is 2.68. The third kappa shape index (κ3) is 3.32. The van der Waals surface area contributed by atoms with Crippen molar-refractivity contribution in [3.8, 4) is 11.1 Å². The van der Waals surface area contributed by atoms with Gasteiger partial charge in [0.2, 0.25) is 0 Å². The Hall–Kier alpha value is -1.32. The van der Waals surface area contributed by atoms with Crippen LogP contribution < -0.4 is 5.73 Å². The van der Waals surface area contributed by atoms with Crippen molar-refractivity contribution in [2.75, 3.05) is 6.54 Å². The Bertz CT molecular complexity index is 448. The second-order valence-corrected chi connectivity index (χ2v) is 3.82. The summed E-state index contributed by atoms with van der Waals surface area (Å²) >= 11 is 0. The highest BCUT2D eigenvalue weighted by molar-refractivity contribution is 5.85. The predicted molar refractivity (Wildman–Crippen MR) is 73.3 cm³/mol. The van der Waals surface area contributed by atoms with Gasteiger partial charge in [0.05, 0.1) is 6.20 Å². The van der Waals surface area contributed by atoms with Gasteiger partial charge in [-0.3, -0.25) is 4.68 Å². The Labute approximate surface area is 108 Å². The molecule has 0 spiro atoms. The second kappa shape index (κ2) is 6.42. The van der Waals surface area contributed by atoms with E-state index < -0.39 is 0 Å². The smallest absolute Gasteiger partial charge is 0.0568 e. The van der Waals surface area contributed by atoms with E-state index in [4.69, 9.17) is 5.73 Å². The standard InChI is InChI=1S/C13H17N3.ClH/c1-2-16-10-13(9-15-16)12-5-3-11(4-6-12)7-8-14;/h3-6,9-10H,2,7-8,14H2,1H3;1H. The van der Waals surface area contributed by atoms with Crippen molar-refractivity contribution in [3.63, 3.8) is 0 Å². The molecule has 0 amide bonds. The molecule has 0 unspecified atom stereocenters. The largest absolute Gasteiger partial charge is 0.330 e. The quantitative estimate of drug-likeness (QED) is 0.907. The first-order chi connectivity index (χ1) is 7.83. The molecule has 4 heteroatoms. The Balaban J connectivity index is 0.00000144. The molecular formula is C13H18ClN3. The number of hydrogen-bond donors (Lipinski definition) is 1. The summed E-state index contributed by atoms with van der Waals surface area (Å²) in [4.78, 5) is 0. The summed E-state index contributed by atoms with van der Waals surface area (Å²) in [6.07, 6.45) is 4.91. The van der Waals surface area contributed by atoms with Crippen LogP contribution in [0.1, 0.15) is 12.5 Å². The van der Waals surface area contributed by atoms with E-state index >= 15 is 0 Å². The molecule has 0 bridgehead atoms. The molecule has 1 aromatic carbocycles. The first-order valence-corrected chi connectivity index (χ1v) is 5.65. The minimum atomic E-state index is 0. The summed E-state index contributed by atoms with van der Waals surface area (Å²) in [5.41, 5.74) is 9.18. The lowest BCUT2D eigenvalue weighted by molar-refractivity contribution is 0.660. The van der Waals surface area contributed by atoms with Gasteiger partial charge in [-0.15, -0.1) is 12.4 Å². The molecule has 0 fully saturated rings. The Morgan fingerprint density at radius 2 is 1.88 bits per heavy atom. The normalized spacial score (nSPS) is 10.0. The number of hydrogen-bond acceptors (Lipinski definition) is 2. The number of nitrogens with zero attached hydrogens (tertiary/aromatic N) is 2. The third-order valence-corrected chi connectivity index (χ3v) is 2.68. The van der Waals surface area contributed by atoms with E-state index in [0.717, 1.165) is 13.0 Å². The van der Waals surface area contributed by atoms with Crippen molar-refractivity contribution in [1.29, 1.82) is 0 Å². The van der Waals surface area contributed by atoms with Gasteiger partial charge in [0.1, 0.15) is 0 Å². The molecule has 0 aliphatic rings. The molecule has 2 N–H and O–H groups in total. The van der Waals surface area contributed by atoms with E-state index in [1.807, 2.05) is 10.9 Å². The summed E-state index contributed by atoms with van der Waals surface area (Å²) in [7, 11) is 0. The van der Waals surface area contributed by atoms with Crippen LogP contribution in [-0.4, -0.2) is 16.3 Å². The van der Waals surface area contributed by atoms with Crippen molar-refractivity contribution < 1.29 is 0 Å². The monoisotopic (exact) mass is 251 g/mol. The number of aryl methyl sites for hydroxylation is 1. The summed E-state index contributed by atoms with van der Waals surface area (Å²) in [5.74, 6) is 0. The van der Waals surface area contributed by atoms with Gasteiger partial charge in [0.15, 0.2) is 0 Å². The van der Waals surface area contributed by atoms with Gasteiger partial charge < -0.3 is 5.73 Å². The van der Waals surface area contributed by atoms with E-state index in [0.29, 0.717) is 6.54 Å². The Morgan fingerprint density at radius 1 is 1.18 bits per heavy atom. The first kappa shape index (κ1) is 13.7. The predicted octanol–water partition coefficient (Wildman–Crippen LogP) is 2.49. The second-order valence-electron chi connectivity index (χ2n) is 3.82. The van der Waals surface area contributed by atoms with Gasteiger partial charge in [0.25, 0.3) is 0 Å². The SMILES string of the molecule is CCn1cc(-c2ccc(CCN)cc2)cn1.Cl. The Morgan fingerprint density at radius 3 is 2.41 bits per heavy atom. The van der Waals surface area contributed by atoms with E-state index in [-0.39, 0.29) is 12.4 Å². The minimum Gasteiger partial charge on any atom is -0.330 e. The van der Waals surface area contributed by atoms with E-state index in [2.05, 4.69) is 42.5 Å². The topological polar surface area (TPSA) is 43.8 Å². The maximum absolute atomic E-state index is 5.52. The average Bonchev–Trinajstić information content (AvgIpc) is 2.79. The maximum atomic E-state index is 5.52. The number of halogens is 1. The van der Waals surface area contributed by atoms with Gasteiger partial charge >= 0.3 is 0 Å². The van der Waals surface area contributed by atoms with Gasteiger partial charge in [-0.05, 0) is 31.0 Å². The molecule has 0 aliphatic heterocycles. The number of nitrogens with two attached hydrogens (primary N) is 1. The zero-order valence-electron chi connectivity index (χ0n) is 9.97. The van der Waals surface area contributed by atoms with E-state index in [1.54, 1.807) is 0 Å². The van der Waals surface area contributed by atoms with Crippen LogP contribution in [0, 0.1) is 0 Å². The van der Waals surface area contributed by atoms with Crippen LogP contribution in [0.2, 0.25) is 0 Å². The van der Waals surface area contributed by atoms with Gasteiger partial charge in [-0.1, -0.05) is 24.3 Å². The molecule has 0 atom stereocenters. The summed E-state index contributed by atoms with van der Waals surface area (Å²) in [6, 6.07) is 8.51. The first-order valence-electron chi connectivity index (χ1n) is 5.65. The van der Waals surface area contributed by atoms with Crippen molar-refractivity contribution in [3.05, 3.63) is 42.2 Å². The highest BCUT2D eigenvalue weighted by atomic mass is 35.5. The average molecular weight is 252 g/mol. The molecule has 0 aliphatic carbocycles. The van der Waals surface area contributed by atoms with E-state index in [1.165, 1.54) is 16.7 Å². The number of rotatable bonds is 4. The highest BCUT2D eigenvalue weighted by Gasteiger charge is 2.00. The van der Waals surface area contributed by atoms with Crippen LogP contribution in [0.25, 0.3) is 11.1 Å². The van der Waals surface area contributed by atoms with Crippen molar-refractivity contribution in [2.24, 2.45) is 5.73 Å². The fourth-order valence-corrected chi connectivity index (χ4v) is 1.72. The van der Waals surface area contributed by atoms with E-state index in [9.17, 15) is 0 Å². The highest BCUT2D eigenvalue weighted by Crippen LogP contribution is 2.19. The lowest BCUT2D eigenvalue weighted by atomic mass is 10.1. The van der Waals surface area contributed by atoms with Crippen LogP contribution in [0.5, 0.6) is 0 Å². The minimum absolute atomic E-state index is 0. The van der Waals surface area contributed by atoms with Crippen LogP contribution in [0.15, 0.2) is 36.7 Å². The Kier molecular flexibility index (Phi) is 5.19. The van der Waals surface area contributed by atoms with Crippen molar-refractivity contribution in [2.45, 2.75) is 19.9 Å². The fourth-order valence-electron chi connectivity index (χ4n) is 1.72. The van der Waals surface area contributed by atoms with Gasteiger partial charge in [0, 0.05) is 18.3 Å². The van der Waals surface area contributed by atoms with Crippen LogP contribution in [0.3, 0.4) is 0 Å². The zero-order chi connectivity index (χ0) is 11.4. The summed E-state index contributed by atoms with van der Waals surface area (Å²) < 4.78 is 1.93. The molecule has 3 nitrogen and oxygen atoms in total. The van der Waals surface area contributed by atoms with Crippen LogP contribution in [-0.2, 0) is 13.0 Å². The molecule has 17 heavy (non-hydrogen) atoms.